The van der Waals surface area contributed by atoms with Gasteiger partial charge >= 0.3 is 0 Å². The van der Waals surface area contributed by atoms with Crippen molar-refractivity contribution >= 4 is 28.0 Å². The minimum absolute atomic E-state index is 0.283. The third-order valence-electron chi connectivity index (χ3n) is 1.50. The van der Waals surface area contributed by atoms with Crippen LogP contribution in [0.2, 0.25) is 0 Å². The van der Waals surface area contributed by atoms with E-state index in [2.05, 4.69) is 27.7 Å². The summed E-state index contributed by atoms with van der Waals surface area (Å²) >= 11 is 2.92. The maximum atomic E-state index is 11.2. The highest BCUT2D eigenvalue weighted by atomic mass is 32.2. The molecule has 0 saturated heterocycles. The third-order valence-corrected chi connectivity index (χ3v) is 3.70. The van der Waals surface area contributed by atoms with Gasteiger partial charge in [0.25, 0.3) is 0 Å². The monoisotopic (exact) mass is 220 g/mol. The first-order valence-electron chi connectivity index (χ1n) is 4.75. The van der Waals surface area contributed by atoms with Gasteiger partial charge in [-0.2, -0.15) is 0 Å². The molecule has 0 saturated carbocycles. The van der Waals surface area contributed by atoms with Crippen molar-refractivity contribution in [2.24, 2.45) is 5.41 Å². The molecule has 0 radical (unpaired) electrons. The molecule has 0 N–H and O–H groups in total. The van der Waals surface area contributed by atoms with Crippen molar-refractivity contribution in [2.75, 3.05) is 11.5 Å². The number of hydrogen-bond acceptors (Lipinski definition) is 3. The summed E-state index contributed by atoms with van der Waals surface area (Å²) < 4.78 is 0.283. The van der Waals surface area contributed by atoms with Gasteiger partial charge in [-0.25, -0.2) is 0 Å². The second-order valence-corrected chi connectivity index (χ2v) is 6.65. The van der Waals surface area contributed by atoms with E-state index in [-0.39, 0.29) is 4.45 Å². The Morgan fingerprint density at radius 1 is 1.15 bits per heavy atom. The van der Waals surface area contributed by atoms with Crippen molar-refractivity contribution in [2.45, 2.75) is 40.5 Å². The highest BCUT2D eigenvalue weighted by molar-refractivity contribution is 8.38. The van der Waals surface area contributed by atoms with Gasteiger partial charge < -0.3 is 0 Å². The number of carbonyl (C=O) groups is 1. The second kappa shape index (κ2) is 6.77. The van der Waals surface area contributed by atoms with E-state index in [0.29, 0.717) is 5.41 Å². The van der Waals surface area contributed by atoms with Crippen LogP contribution in [-0.2, 0) is 0 Å². The molecule has 0 aliphatic carbocycles. The lowest BCUT2D eigenvalue weighted by molar-refractivity contribution is 0.276. The molecule has 0 atom stereocenters. The van der Waals surface area contributed by atoms with Crippen molar-refractivity contribution in [3.05, 3.63) is 0 Å². The van der Waals surface area contributed by atoms with Gasteiger partial charge in [0.05, 0.1) is 0 Å². The summed E-state index contributed by atoms with van der Waals surface area (Å²) in [6.45, 7) is 8.71. The van der Waals surface area contributed by atoms with E-state index in [1.54, 1.807) is 0 Å². The first kappa shape index (κ1) is 13.4. The van der Waals surface area contributed by atoms with Gasteiger partial charge in [-0.05, 0) is 18.3 Å². The predicted octanol–water partition coefficient (Wildman–Crippen LogP) is 4.42. The van der Waals surface area contributed by atoms with Gasteiger partial charge in [-0.15, -0.1) is 0 Å². The van der Waals surface area contributed by atoms with Crippen LogP contribution in [0.4, 0.5) is 4.79 Å². The van der Waals surface area contributed by atoms with Crippen LogP contribution >= 0.6 is 23.5 Å². The predicted molar refractivity (Wildman–Crippen MR) is 64.7 cm³/mol. The van der Waals surface area contributed by atoms with E-state index < -0.39 is 0 Å². The smallest absolute Gasteiger partial charge is 0.246 e. The van der Waals surface area contributed by atoms with Crippen LogP contribution in [0.1, 0.15) is 40.5 Å². The molecule has 0 bridgehead atoms. The van der Waals surface area contributed by atoms with Crippen molar-refractivity contribution in [1.29, 1.82) is 0 Å². The highest BCUT2D eigenvalue weighted by Gasteiger charge is 2.11. The zero-order valence-corrected chi connectivity index (χ0v) is 10.7. The maximum Gasteiger partial charge on any atom is 0.246 e. The summed E-state index contributed by atoms with van der Waals surface area (Å²) in [5.74, 6) is 1.92. The van der Waals surface area contributed by atoms with Crippen LogP contribution in [0.3, 0.4) is 0 Å². The first-order chi connectivity index (χ1) is 5.95. The molecule has 0 heterocycles. The molecule has 3 heteroatoms. The third kappa shape index (κ3) is 10.3. The molecule has 13 heavy (non-hydrogen) atoms. The van der Waals surface area contributed by atoms with E-state index in [1.165, 1.54) is 23.5 Å². The quantitative estimate of drug-likeness (QED) is 0.698. The van der Waals surface area contributed by atoms with Gasteiger partial charge in [-0.1, -0.05) is 51.2 Å². The van der Waals surface area contributed by atoms with Crippen LogP contribution in [0.25, 0.3) is 0 Å². The fraction of sp³-hybridized carbons (Fsp3) is 0.900. The summed E-state index contributed by atoms with van der Waals surface area (Å²) in [6, 6.07) is 0. The zero-order valence-electron chi connectivity index (χ0n) is 9.05. The average molecular weight is 220 g/mol. The van der Waals surface area contributed by atoms with Crippen molar-refractivity contribution in [3.63, 3.8) is 0 Å². The maximum absolute atomic E-state index is 11.2. The molecule has 78 valence electrons. The SMILES string of the molecule is CCCSC(=O)SCCC(C)(C)C. The minimum atomic E-state index is 0.283. The van der Waals surface area contributed by atoms with Gasteiger partial charge in [0.15, 0.2) is 0 Å². The molecule has 0 rings (SSSR count). The minimum Gasteiger partial charge on any atom is -0.274 e. The lowest BCUT2D eigenvalue weighted by Crippen LogP contribution is -2.06. The van der Waals surface area contributed by atoms with Crippen LogP contribution in [0.15, 0.2) is 0 Å². The Bertz CT molecular complexity index is 149. The molecule has 0 aromatic rings. The van der Waals surface area contributed by atoms with Crippen LogP contribution in [0.5, 0.6) is 0 Å². The molecule has 0 fully saturated rings. The van der Waals surface area contributed by atoms with Crippen LogP contribution < -0.4 is 0 Å². The molecule has 0 unspecified atom stereocenters. The Hall–Kier alpha value is 0.370. The fourth-order valence-corrected chi connectivity index (χ4v) is 2.75. The van der Waals surface area contributed by atoms with E-state index >= 15 is 0 Å². The molecule has 1 nitrogen and oxygen atoms in total. The normalized spacial score (nSPS) is 11.7. The lowest BCUT2D eigenvalue weighted by Gasteiger charge is -2.16. The van der Waals surface area contributed by atoms with E-state index in [4.69, 9.17) is 0 Å². The number of thioether (sulfide) groups is 2. The molecule has 0 aromatic heterocycles. The molecule has 0 aromatic carbocycles. The van der Waals surface area contributed by atoms with Crippen molar-refractivity contribution in [3.8, 4) is 0 Å². The summed E-state index contributed by atoms with van der Waals surface area (Å²) in [6.07, 6.45) is 2.19. The highest BCUT2D eigenvalue weighted by Crippen LogP contribution is 2.24. The zero-order chi connectivity index (χ0) is 10.3. The van der Waals surface area contributed by atoms with Gasteiger partial charge in [0.2, 0.25) is 4.45 Å². The Morgan fingerprint density at radius 2 is 1.69 bits per heavy atom. The Kier molecular flexibility index (Phi) is 6.96. The van der Waals surface area contributed by atoms with Gasteiger partial charge in [0, 0.05) is 11.5 Å². The Balaban J connectivity index is 3.37. The topological polar surface area (TPSA) is 17.1 Å². The van der Waals surface area contributed by atoms with E-state index in [9.17, 15) is 4.79 Å². The molecular formula is C10H20OS2. The van der Waals surface area contributed by atoms with E-state index in [0.717, 1.165) is 24.3 Å². The first-order valence-corrected chi connectivity index (χ1v) is 6.72. The Labute approximate surface area is 90.4 Å². The average Bonchev–Trinajstić information content (AvgIpc) is 1.98. The number of rotatable bonds is 4. The number of hydrogen-bond donors (Lipinski definition) is 0. The lowest BCUT2D eigenvalue weighted by atomic mass is 9.94. The van der Waals surface area contributed by atoms with E-state index in [1.807, 2.05) is 0 Å². The second-order valence-electron chi connectivity index (χ2n) is 4.26. The largest absolute Gasteiger partial charge is 0.274 e. The summed E-state index contributed by atoms with van der Waals surface area (Å²) in [4.78, 5) is 11.2. The fourth-order valence-electron chi connectivity index (χ4n) is 0.668. The molecular weight excluding hydrogens is 200 g/mol. The summed E-state index contributed by atoms with van der Waals surface area (Å²) in [5, 5.41) is 0. The molecule has 0 aliphatic heterocycles. The van der Waals surface area contributed by atoms with Crippen molar-refractivity contribution < 1.29 is 4.79 Å². The molecule has 0 amide bonds. The Morgan fingerprint density at radius 3 is 2.15 bits per heavy atom. The van der Waals surface area contributed by atoms with Crippen LogP contribution in [-0.4, -0.2) is 16.0 Å². The molecule has 0 spiro atoms. The summed E-state index contributed by atoms with van der Waals surface area (Å²) in [5.41, 5.74) is 0.350. The van der Waals surface area contributed by atoms with Gasteiger partial charge in [-0.3, -0.25) is 4.79 Å². The van der Waals surface area contributed by atoms with Crippen molar-refractivity contribution in [1.82, 2.24) is 0 Å². The van der Waals surface area contributed by atoms with Gasteiger partial charge in [0.1, 0.15) is 0 Å². The standard InChI is InChI=1S/C10H20OS2/c1-5-7-12-9(11)13-8-6-10(2,3)4/h5-8H2,1-4H3. The molecule has 0 aliphatic rings. The number of carbonyl (C=O) groups excluding carboxylic acids is 1. The summed E-state index contributed by atoms with van der Waals surface area (Å²) in [7, 11) is 0. The van der Waals surface area contributed by atoms with Crippen LogP contribution in [0, 0.1) is 5.41 Å².